The molecular formula is C40H44N2O8Si. The molecule has 3 aliphatic rings. The number of Topliss-reactive ketones (excluding diaryl/α,β-unsaturated/α-hetero) is 2. The third kappa shape index (κ3) is 5.67. The van der Waals surface area contributed by atoms with Crippen molar-refractivity contribution in [2.45, 2.75) is 76.6 Å². The van der Waals surface area contributed by atoms with E-state index in [0.29, 0.717) is 29.0 Å². The van der Waals surface area contributed by atoms with Crippen LogP contribution in [0.15, 0.2) is 88.7 Å². The van der Waals surface area contributed by atoms with Crippen LogP contribution in [0.1, 0.15) is 76.4 Å². The van der Waals surface area contributed by atoms with Crippen molar-refractivity contribution < 1.29 is 37.9 Å². The molecule has 51 heavy (non-hydrogen) atoms. The minimum atomic E-state index is -2.86. The van der Waals surface area contributed by atoms with Crippen molar-refractivity contribution in [3.05, 3.63) is 118 Å². The third-order valence-electron chi connectivity index (χ3n) is 11.1. The van der Waals surface area contributed by atoms with E-state index >= 15 is 4.79 Å². The zero-order chi connectivity index (χ0) is 36.3. The van der Waals surface area contributed by atoms with Gasteiger partial charge in [0.05, 0.1) is 18.7 Å². The van der Waals surface area contributed by atoms with Crippen LogP contribution in [0.4, 0.5) is 0 Å². The first-order valence-electron chi connectivity index (χ1n) is 17.3. The highest BCUT2D eigenvalue weighted by molar-refractivity contribution is 6.74. The summed E-state index contributed by atoms with van der Waals surface area (Å²) in [6.07, 6.45) is 0.624. The molecule has 0 saturated carbocycles. The summed E-state index contributed by atoms with van der Waals surface area (Å²) in [5, 5.41) is 16.5. The van der Waals surface area contributed by atoms with Crippen LogP contribution in [0.5, 0.6) is 17.4 Å². The molecule has 10 nitrogen and oxygen atoms in total. The lowest BCUT2D eigenvalue weighted by molar-refractivity contribution is -0.0273. The summed E-state index contributed by atoms with van der Waals surface area (Å²) in [6.45, 7) is 10.5. The topological polar surface area (TPSA) is 143 Å². The smallest absolute Gasteiger partial charge is 0.265 e. The molecule has 1 heterocycles. The molecule has 0 radical (unpaired) electrons. The van der Waals surface area contributed by atoms with Crippen LogP contribution in [-0.4, -0.2) is 42.9 Å². The van der Waals surface area contributed by atoms with Gasteiger partial charge in [-0.05, 0) is 65.3 Å². The Morgan fingerprint density at radius 2 is 1.53 bits per heavy atom. The number of allylic oxidation sites excluding steroid dienone is 1. The van der Waals surface area contributed by atoms with Gasteiger partial charge in [0, 0.05) is 17.1 Å². The predicted octanol–water partition coefficient (Wildman–Crippen LogP) is 7.69. The van der Waals surface area contributed by atoms with Gasteiger partial charge in [-0.1, -0.05) is 81.4 Å². The average Bonchev–Trinajstić information content (AvgIpc) is 3.54. The number of hydrogen-bond donors (Lipinski definition) is 2. The van der Waals surface area contributed by atoms with E-state index in [0.717, 1.165) is 11.1 Å². The van der Waals surface area contributed by atoms with Gasteiger partial charge in [0.25, 0.3) is 5.88 Å². The zero-order valence-electron chi connectivity index (χ0n) is 29.8. The first-order valence-corrected chi connectivity index (χ1v) is 20.2. The second-order valence-electron chi connectivity index (χ2n) is 15.2. The summed E-state index contributed by atoms with van der Waals surface area (Å²) in [6, 6.07) is 21.7. The highest BCUT2D eigenvalue weighted by atomic mass is 28.4. The van der Waals surface area contributed by atoms with Crippen molar-refractivity contribution in [1.82, 2.24) is 5.16 Å². The summed E-state index contributed by atoms with van der Waals surface area (Å²) in [7, 11) is -1.30. The summed E-state index contributed by atoms with van der Waals surface area (Å²) < 4.78 is 30.9. The molecule has 266 valence electrons. The van der Waals surface area contributed by atoms with E-state index in [1.54, 1.807) is 19.2 Å². The van der Waals surface area contributed by atoms with Gasteiger partial charge >= 0.3 is 0 Å². The van der Waals surface area contributed by atoms with E-state index in [9.17, 15) is 9.90 Å². The fraction of sp³-hybridized carbons (Fsp3) is 0.375. The Morgan fingerprint density at radius 1 is 0.922 bits per heavy atom. The van der Waals surface area contributed by atoms with Crippen molar-refractivity contribution in [2.24, 2.45) is 17.6 Å². The van der Waals surface area contributed by atoms with E-state index in [1.165, 1.54) is 0 Å². The van der Waals surface area contributed by atoms with Crippen LogP contribution in [-0.2, 0) is 24.1 Å². The largest absolute Gasteiger partial charge is 0.508 e. The number of nitrogens with two attached hydrogens (primary N) is 1. The van der Waals surface area contributed by atoms with E-state index in [-0.39, 0.29) is 47.4 Å². The third-order valence-corrected chi connectivity index (χ3v) is 15.6. The van der Waals surface area contributed by atoms with Crippen molar-refractivity contribution in [2.75, 3.05) is 7.11 Å². The van der Waals surface area contributed by atoms with Gasteiger partial charge < -0.3 is 34.0 Å². The molecule has 1 aromatic heterocycles. The Bertz CT molecular complexity index is 2020. The number of hydrogen-bond acceptors (Lipinski definition) is 10. The first-order chi connectivity index (χ1) is 24.3. The molecule has 0 saturated heterocycles. The normalized spacial score (nSPS) is 22.8. The molecule has 3 N–H and O–H groups in total. The molecule has 0 aliphatic heterocycles. The minimum absolute atomic E-state index is 0.0243. The number of benzene rings is 3. The molecule has 7 rings (SSSR count). The highest BCUT2D eigenvalue weighted by Gasteiger charge is 2.66. The lowest BCUT2D eigenvalue weighted by Gasteiger charge is -2.53. The average molecular weight is 709 g/mol. The molecule has 11 heteroatoms. The zero-order valence-corrected chi connectivity index (χ0v) is 30.8. The predicted molar refractivity (Wildman–Crippen MR) is 193 cm³/mol. The van der Waals surface area contributed by atoms with Crippen molar-refractivity contribution >= 4 is 19.9 Å². The highest BCUT2D eigenvalue weighted by Crippen LogP contribution is 2.58. The molecule has 0 bridgehead atoms. The Labute approximate surface area is 298 Å². The molecule has 3 aromatic carbocycles. The number of ketones is 2. The summed E-state index contributed by atoms with van der Waals surface area (Å²) in [5.41, 5.74) is 7.97. The number of aliphatic hydroxyl groups is 1. The van der Waals surface area contributed by atoms with Gasteiger partial charge in [0.1, 0.15) is 36.0 Å². The fourth-order valence-corrected chi connectivity index (χ4v) is 8.89. The van der Waals surface area contributed by atoms with Gasteiger partial charge in [-0.25, -0.2) is 0 Å². The lowest BCUT2D eigenvalue weighted by Crippen LogP contribution is -2.64. The Hall–Kier alpha value is -4.71. The fourth-order valence-electron chi connectivity index (χ4n) is 7.44. The van der Waals surface area contributed by atoms with E-state index in [2.05, 4.69) is 25.9 Å². The monoisotopic (exact) mass is 708 g/mol. The number of methoxy groups -OCH3 is 1. The summed E-state index contributed by atoms with van der Waals surface area (Å²) in [5.74, 6) is -1.63. The number of carbonyl (C=O) groups is 2. The molecule has 3 aliphatic carbocycles. The number of nitrogens with zero attached hydrogens (tertiary/aromatic N) is 1. The standard InChI is InChI=1S/C40H44N2O8Si/c1-39(2,3)51(5,6)50-40-27(33(41)35-32(37(40)45)38(42-49-35)48-22-24-15-11-8-12-16-24)20-25-19-26-28(46-4)17-18-29(31(26)34(43)30(25)36(40)44)47-21-23-13-9-7-10-14-23/h7-18,25,27,33,44H,19-22,41H2,1-6H3/t25-,27-,33-,40?/m0/s1. The van der Waals surface area contributed by atoms with Crippen LogP contribution in [0.2, 0.25) is 18.1 Å². The molecule has 0 amide bonds. The van der Waals surface area contributed by atoms with Crippen molar-refractivity contribution in [1.29, 1.82) is 0 Å². The molecule has 1 unspecified atom stereocenters. The van der Waals surface area contributed by atoms with E-state index in [1.807, 2.05) is 73.8 Å². The summed E-state index contributed by atoms with van der Waals surface area (Å²) in [4.78, 5) is 30.0. The van der Waals surface area contributed by atoms with Gasteiger partial charge in [0.2, 0.25) is 5.78 Å². The maximum absolute atomic E-state index is 15.2. The SMILES string of the molecule is COc1ccc(OCc2ccccc2)c2c1C[C@H]1C[C@H]3[C@H](N)c4onc(OCc5ccccc5)c4C(=O)C3(O[Si](C)(C)C(C)(C)C)C(O)=C1C2=O. The van der Waals surface area contributed by atoms with E-state index in [4.69, 9.17) is 28.9 Å². The number of rotatable bonds is 9. The second kappa shape index (κ2) is 12.8. The van der Waals surface area contributed by atoms with Crippen molar-refractivity contribution in [3.63, 3.8) is 0 Å². The molecular weight excluding hydrogens is 665 g/mol. The van der Waals surface area contributed by atoms with Gasteiger partial charge in [-0.15, -0.1) is 0 Å². The maximum atomic E-state index is 15.2. The van der Waals surface area contributed by atoms with Gasteiger partial charge in [0.15, 0.2) is 25.5 Å². The minimum Gasteiger partial charge on any atom is -0.508 e. The first kappa shape index (κ1) is 34.7. The van der Waals surface area contributed by atoms with Gasteiger partial charge in [-0.3, -0.25) is 9.59 Å². The number of fused-ring (bicyclic) bond motifs is 4. The number of aliphatic hydroxyl groups excluding tert-OH is 1. The molecule has 4 atom stereocenters. The van der Waals surface area contributed by atoms with Crippen LogP contribution in [0.25, 0.3) is 0 Å². The maximum Gasteiger partial charge on any atom is 0.265 e. The molecule has 0 spiro atoms. The number of carbonyl (C=O) groups excluding carboxylic acids is 2. The van der Waals surface area contributed by atoms with Crippen LogP contribution < -0.4 is 19.9 Å². The lowest BCUT2D eigenvalue weighted by atomic mass is 9.59. The van der Waals surface area contributed by atoms with Crippen LogP contribution in [0, 0.1) is 11.8 Å². The van der Waals surface area contributed by atoms with Crippen LogP contribution in [0.3, 0.4) is 0 Å². The Kier molecular flexibility index (Phi) is 8.72. The van der Waals surface area contributed by atoms with Gasteiger partial charge in [-0.2, -0.15) is 0 Å². The van der Waals surface area contributed by atoms with Crippen molar-refractivity contribution in [3.8, 4) is 17.4 Å². The second-order valence-corrected chi connectivity index (χ2v) is 19.9. The quantitative estimate of drug-likeness (QED) is 0.166. The van der Waals surface area contributed by atoms with E-state index < -0.39 is 49.1 Å². The molecule has 4 aromatic rings. The van der Waals surface area contributed by atoms with Crippen LogP contribution >= 0.6 is 0 Å². The molecule has 0 fully saturated rings. The Morgan fingerprint density at radius 3 is 2.14 bits per heavy atom. The number of aromatic nitrogens is 1. The Balaban J connectivity index is 1.37. The number of ether oxygens (including phenoxy) is 3. The summed E-state index contributed by atoms with van der Waals surface area (Å²) >= 11 is 0.